The topological polar surface area (TPSA) is 55.6 Å². The van der Waals surface area contributed by atoms with Crippen LogP contribution < -0.4 is 5.73 Å². The van der Waals surface area contributed by atoms with E-state index in [1.54, 1.807) is 0 Å². The zero-order chi connectivity index (χ0) is 9.52. The monoisotopic (exact) mass is 186 g/mol. The van der Waals surface area contributed by atoms with E-state index in [9.17, 15) is 4.79 Å². The van der Waals surface area contributed by atoms with Gasteiger partial charge in [-0.05, 0) is 12.8 Å². The minimum atomic E-state index is 0.266. The summed E-state index contributed by atoms with van der Waals surface area (Å²) >= 11 is 0. The number of carbonyl (C=O) groups excluding carboxylic acids is 1. The Kier molecular flexibility index (Phi) is 4.78. The van der Waals surface area contributed by atoms with E-state index < -0.39 is 0 Å². The average Bonchev–Trinajstić information content (AvgIpc) is 2.15. The van der Waals surface area contributed by atoms with Crippen molar-refractivity contribution in [2.45, 2.75) is 19.3 Å². The van der Waals surface area contributed by atoms with Crippen LogP contribution in [0.15, 0.2) is 0 Å². The summed E-state index contributed by atoms with van der Waals surface area (Å²) in [6, 6.07) is 0. The number of hydrogen-bond acceptors (Lipinski definition) is 3. The van der Waals surface area contributed by atoms with Gasteiger partial charge < -0.3 is 15.4 Å². The molecule has 1 saturated heterocycles. The lowest BCUT2D eigenvalue weighted by molar-refractivity contribution is -0.134. The second kappa shape index (κ2) is 5.94. The standard InChI is InChI=1S/C9H18N2O2/c10-4-7-13-8-6-11-5-2-1-3-9(11)12/h1-8,10H2. The number of hydrogen-bond donors (Lipinski definition) is 1. The van der Waals surface area contributed by atoms with Crippen LogP contribution in [-0.2, 0) is 9.53 Å². The third-order valence-electron chi connectivity index (χ3n) is 2.19. The van der Waals surface area contributed by atoms with Crippen molar-refractivity contribution in [3.8, 4) is 0 Å². The molecule has 0 aromatic carbocycles. The molecule has 0 aliphatic carbocycles. The van der Waals surface area contributed by atoms with Gasteiger partial charge in [0.15, 0.2) is 0 Å². The van der Waals surface area contributed by atoms with Crippen LogP contribution >= 0.6 is 0 Å². The van der Waals surface area contributed by atoms with E-state index in [1.165, 1.54) is 0 Å². The number of nitrogens with zero attached hydrogens (tertiary/aromatic N) is 1. The van der Waals surface area contributed by atoms with Crippen molar-refractivity contribution in [1.29, 1.82) is 0 Å². The summed E-state index contributed by atoms with van der Waals surface area (Å²) in [6.07, 6.45) is 2.87. The molecule has 0 atom stereocenters. The zero-order valence-corrected chi connectivity index (χ0v) is 8.00. The Morgan fingerprint density at radius 2 is 2.23 bits per heavy atom. The van der Waals surface area contributed by atoms with Crippen LogP contribution in [0.5, 0.6) is 0 Å². The van der Waals surface area contributed by atoms with E-state index in [-0.39, 0.29) is 5.91 Å². The summed E-state index contributed by atoms with van der Waals surface area (Å²) in [5.74, 6) is 0.266. The first-order valence-electron chi connectivity index (χ1n) is 4.90. The van der Waals surface area contributed by atoms with Crippen LogP contribution in [-0.4, -0.2) is 43.7 Å². The van der Waals surface area contributed by atoms with Crippen LogP contribution in [0.1, 0.15) is 19.3 Å². The predicted molar refractivity (Wildman–Crippen MR) is 50.3 cm³/mol. The Morgan fingerprint density at radius 3 is 2.92 bits per heavy atom. The molecule has 0 bridgehead atoms. The van der Waals surface area contributed by atoms with Gasteiger partial charge in [0.1, 0.15) is 0 Å². The smallest absolute Gasteiger partial charge is 0.222 e. The fraction of sp³-hybridized carbons (Fsp3) is 0.889. The van der Waals surface area contributed by atoms with Crippen molar-refractivity contribution in [1.82, 2.24) is 4.90 Å². The van der Waals surface area contributed by atoms with E-state index in [4.69, 9.17) is 10.5 Å². The van der Waals surface area contributed by atoms with Gasteiger partial charge in [-0.2, -0.15) is 0 Å². The third-order valence-corrected chi connectivity index (χ3v) is 2.19. The van der Waals surface area contributed by atoms with Crippen LogP contribution in [0.3, 0.4) is 0 Å². The molecule has 0 unspecified atom stereocenters. The molecule has 0 aromatic rings. The van der Waals surface area contributed by atoms with Crippen LogP contribution in [0, 0.1) is 0 Å². The number of nitrogens with two attached hydrogens (primary N) is 1. The number of rotatable bonds is 5. The number of carbonyl (C=O) groups is 1. The molecule has 4 heteroatoms. The normalized spacial score (nSPS) is 17.9. The predicted octanol–water partition coefficient (Wildman–Crippen LogP) is -0.0258. The van der Waals surface area contributed by atoms with Crippen molar-refractivity contribution in [2.24, 2.45) is 5.73 Å². The Hall–Kier alpha value is -0.610. The highest BCUT2D eigenvalue weighted by molar-refractivity contribution is 5.76. The zero-order valence-electron chi connectivity index (χ0n) is 8.00. The molecule has 13 heavy (non-hydrogen) atoms. The fourth-order valence-electron chi connectivity index (χ4n) is 1.46. The molecule has 0 radical (unpaired) electrons. The molecule has 1 heterocycles. The molecule has 1 amide bonds. The fourth-order valence-corrected chi connectivity index (χ4v) is 1.46. The summed E-state index contributed by atoms with van der Waals surface area (Å²) in [6.45, 7) is 3.36. The highest BCUT2D eigenvalue weighted by atomic mass is 16.5. The molecular weight excluding hydrogens is 168 g/mol. The lowest BCUT2D eigenvalue weighted by Crippen LogP contribution is -2.37. The SMILES string of the molecule is NCCOCCN1CCCCC1=O. The minimum Gasteiger partial charge on any atom is -0.378 e. The maximum atomic E-state index is 11.3. The van der Waals surface area contributed by atoms with Crippen molar-refractivity contribution in [3.05, 3.63) is 0 Å². The highest BCUT2D eigenvalue weighted by Crippen LogP contribution is 2.09. The van der Waals surface area contributed by atoms with E-state index in [0.717, 1.165) is 25.9 Å². The average molecular weight is 186 g/mol. The molecule has 0 saturated carbocycles. The molecule has 76 valence electrons. The van der Waals surface area contributed by atoms with Crippen molar-refractivity contribution >= 4 is 5.91 Å². The molecule has 0 spiro atoms. The largest absolute Gasteiger partial charge is 0.378 e. The first-order chi connectivity index (χ1) is 6.34. The summed E-state index contributed by atoms with van der Waals surface area (Å²) in [7, 11) is 0. The Labute approximate surface area is 79.0 Å². The quantitative estimate of drug-likeness (QED) is 0.614. The summed E-state index contributed by atoms with van der Waals surface area (Å²) < 4.78 is 5.21. The lowest BCUT2D eigenvalue weighted by Gasteiger charge is -2.26. The maximum absolute atomic E-state index is 11.3. The molecule has 4 nitrogen and oxygen atoms in total. The van der Waals surface area contributed by atoms with Gasteiger partial charge in [0, 0.05) is 26.1 Å². The summed E-state index contributed by atoms with van der Waals surface area (Å²) in [5.41, 5.74) is 5.27. The molecule has 1 aliphatic rings. The second-order valence-electron chi connectivity index (χ2n) is 3.24. The van der Waals surface area contributed by atoms with Gasteiger partial charge in [-0.15, -0.1) is 0 Å². The lowest BCUT2D eigenvalue weighted by atomic mass is 10.1. The summed E-state index contributed by atoms with van der Waals surface area (Å²) in [4.78, 5) is 13.2. The number of ether oxygens (including phenoxy) is 1. The van der Waals surface area contributed by atoms with Crippen molar-refractivity contribution in [2.75, 3.05) is 32.8 Å². The maximum Gasteiger partial charge on any atom is 0.222 e. The van der Waals surface area contributed by atoms with Crippen molar-refractivity contribution in [3.63, 3.8) is 0 Å². The molecule has 1 fully saturated rings. The van der Waals surface area contributed by atoms with Gasteiger partial charge in [-0.3, -0.25) is 4.79 Å². The van der Waals surface area contributed by atoms with E-state index in [0.29, 0.717) is 26.2 Å². The number of piperidine rings is 1. The Morgan fingerprint density at radius 1 is 1.38 bits per heavy atom. The van der Waals surface area contributed by atoms with E-state index in [2.05, 4.69) is 0 Å². The first kappa shape index (κ1) is 10.5. The van der Waals surface area contributed by atoms with Crippen molar-refractivity contribution < 1.29 is 9.53 Å². The van der Waals surface area contributed by atoms with Gasteiger partial charge in [0.05, 0.1) is 13.2 Å². The van der Waals surface area contributed by atoms with Crippen LogP contribution in [0.2, 0.25) is 0 Å². The molecule has 0 aromatic heterocycles. The van der Waals surface area contributed by atoms with Gasteiger partial charge in [-0.25, -0.2) is 0 Å². The molecule has 1 aliphatic heterocycles. The van der Waals surface area contributed by atoms with Gasteiger partial charge in [0.25, 0.3) is 0 Å². The Bertz CT molecular complexity index is 162. The first-order valence-corrected chi connectivity index (χ1v) is 4.90. The van der Waals surface area contributed by atoms with Crippen LogP contribution in [0.4, 0.5) is 0 Å². The third kappa shape index (κ3) is 3.74. The molecular formula is C9H18N2O2. The van der Waals surface area contributed by atoms with Gasteiger partial charge in [-0.1, -0.05) is 0 Å². The number of likely N-dealkylation sites (tertiary alicyclic amines) is 1. The van der Waals surface area contributed by atoms with E-state index >= 15 is 0 Å². The summed E-state index contributed by atoms with van der Waals surface area (Å²) in [5, 5.41) is 0. The number of amides is 1. The van der Waals surface area contributed by atoms with Gasteiger partial charge >= 0.3 is 0 Å². The second-order valence-corrected chi connectivity index (χ2v) is 3.24. The van der Waals surface area contributed by atoms with E-state index in [1.807, 2.05) is 4.90 Å². The molecule has 2 N–H and O–H groups in total. The molecule has 1 rings (SSSR count). The minimum absolute atomic E-state index is 0.266. The van der Waals surface area contributed by atoms with Gasteiger partial charge in [0.2, 0.25) is 5.91 Å². The highest BCUT2D eigenvalue weighted by Gasteiger charge is 2.16. The van der Waals surface area contributed by atoms with Crippen LogP contribution in [0.25, 0.3) is 0 Å². The Balaban J connectivity index is 2.08.